The third-order valence-electron chi connectivity index (χ3n) is 3.90. The molecule has 94 valence electrons. The van der Waals surface area contributed by atoms with E-state index in [1.165, 1.54) is 28.8 Å². The Morgan fingerprint density at radius 3 is 2.78 bits per heavy atom. The molecule has 2 heteroatoms. The summed E-state index contributed by atoms with van der Waals surface area (Å²) in [5, 5.41) is 12.8. The van der Waals surface area contributed by atoms with Gasteiger partial charge in [-0.05, 0) is 48.8 Å². The van der Waals surface area contributed by atoms with Crippen LogP contribution in [0.5, 0.6) is 0 Å². The molecular formula is C16H18OS. The third-order valence-corrected chi connectivity index (χ3v) is 4.89. The van der Waals surface area contributed by atoms with Crippen molar-refractivity contribution in [2.75, 3.05) is 0 Å². The quantitative estimate of drug-likeness (QED) is 0.855. The molecule has 2 atom stereocenters. The van der Waals surface area contributed by atoms with Gasteiger partial charge in [-0.25, -0.2) is 0 Å². The molecule has 0 saturated heterocycles. The lowest BCUT2D eigenvalue weighted by molar-refractivity contribution is 0.136. The van der Waals surface area contributed by atoms with Crippen LogP contribution >= 0.6 is 11.3 Å². The van der Waals surface area contributed by atoms with Crippen LogP contribution in [0.2, 0.25) is 0 Å². The highest BCUT2D eigenvalue weighted by atomic mass is 32.1. The summed E-state index contributed by atoms with van der Waals surface area (Å²) in [5.74, 6) is 0.280. The summed E-state index contributed by atoms with van der Waals surface area (Å²) < 4.78 is 0. The van der Waals surface area contributed by atoms with Gasteiger partial charge >= 0.3 is 0 Å². The van der Waals surface area contributed by atoms with Crippen molar-refractivity contribution in [3.05, 3.63) is 57.3 Å². The Kier molecular flexibility index (Phi) is 3.23. The molecule has 0 radical (unpaired) electrons. The zero-order valence-corrected chi connectivity index (χ0v) is 11.4. The van der Waals surface area contributed by atoms with E-state index in [-0.39, 0.29) is 12.0 Å². The Labute approximate surface area is 112 Å². The number of thiophene rings is 1. The SMILES string of the molecule is Cc1ccc(C(O)C2CCCc3sccc32)cc1. The van der Waals surface area contributed by atoms with E-state index in [2.05, 4.69) is 42.6 Å². The van der Waals surface area contributed by atoms with Crippen LogP contribution in [-0.4, -0.2) is 5.11 Å². The topological polar surface area (TPSA) is 20.2 Å². The lowest BCUT2D eigenvalue weighted by Crippen LogP contribution is -2.15. The van der Waals surface area contributed by atoms with Crippen LogP contribution < -0.4 is 0 Å². The average Bonchev–Trinajstić information content (AvgIpc) is 2.87. The summed E-state index contributed by atoms with van der Waals surface area (Å²) >= 11 is 1.83. The van der Waals surface area contributed by atoms with Crippen molar-refractivity contribution in [3.63, 3.8) is 0 Å². The largest absolute Gasteiger partial charge is 0.388 e. The molecule has 0 fully saturated rings. The molecule has 0 saturated carbocycles. The zero-order chi connectivity index (χ0) is 12.5. The van der Waals surface area contributed by atoms with Crippen LogP contribution in [0.25, 0.3) is 0 Å². The molecule has 0 spiro atoms. The number of aliphatic hydroxyl groups is 1. The summed E-state index contributed by atoms with van der Waals surface area (Å²) in [5.41, 5.74) is 3.66. The molecule has 2 unspecified atom stereocenters. The van der Waals surface area contributed by atoms with E-state index in [9.17, 15) is 5.11 Å². The van der Waals surface area contributed by atoms with E-state index in [0.717, 1.165) is 12.0 Å². The molecule has 1 N–H and O–H groups in total. The summed E-state index contributed by atoms with van der Waals surface area (Å²) in [6.07, 6.45) is 3.11. The molecule has 1 heterocycles. The molecule has 0 aliphatic heterocycles. The predicted octanol–water partition coefficient (Wildman–Crippen LogP) is 4.21. The van der Waals surface area contributed by atoms with Crippen LogP contribution in [0.1, 0.15) is 46.4 Å². The first-order valence-corrected chi connectivity index (χ1v) is 7.44. The van der Waals surface area contributed by atoms with Crippen molar-refractivity contribution in [3.8, 4) is 0 Å². The van der Waals surface area contributed by atoms with Crippen molar-refractivity contribution in [2.24, 2.45) is 0 Å². The Hall–Kier alpha value is -1.12. The van der Waals surface area contributed by atoms with Gasteiger partial charge in [0, 0.05) is 10.8 Å². The van der Waals surface area contributed by atoms with Gasteiger partial charge in [-0.15, -0.1) is 11.3 Å². The molecule has 3 rings (SSSR count). The van der Waals surface area contributed by atoms with E-state index >= 15 is 0 Å². The van der Waals surface area contributed by atoms with E-state index in [1.54, 1.807) is 0 Å². The van der Waals surface area contributed by atoms with Crippen LogP contribution in [0.4, 0.5) is 0 Å². The lowest BCUT2D eigenvalue weighted by atomic mass is 9.81. The summed E-state index contributed by atoms with van der Waals surface area (Å²) in [7, 11) is 0. The number of fused-ring (bicyclic) bond motifs is 1. The van der Waals surface area contributed by atoms with Gasteiger partial charge in [-0.3, -0.25) is 0 Å². The number of benzene rings is 1. The van der Waals surface area contributed by atoms with Crippen molar-refractivity contribution in [2.45, 2.75) is 38.2 Å². The minimum atomic E-state index is -0.362. The van der Waals surface area contributed by atoms with Crippen molar-refractivity contribution < 1.29 is 5.11 Å². The minimum absolute atomic E-state index is 0.280. The van der Waals surface area contributed by atoms with E-state index in [4.69, 9.17) is 0 Å². The van der Waals surface area contributed by atoms with Gasteiger partial charge in [0.15, 0.2) is 0 Å². The maximum absolute atomic E-state index is 10.6. The number of rotatable bonds is 2. The van der Waals surface area contributed by atoms with Crippen LogP contribution in [-0.2, 0) is 6.42 Å². The average molecular weight is 258 g/mol. The van der Waals surface area contributed by atoms with Crippen LogP contribution in [0.15, 0.2) is 35.7 Å². The number of hydrogen-bond acceptors (Lipinski definition) is 2. The van der Waals surface area contributed by atoms with E-state index in [1.807, 2.05) is 11.3 Å². The smallest absolute Gasteiger partial charge is 0.0858 e. The van der Waals surface area contributed by atoms with Crippen molar-refractivity contribution >= 4 is 11.3 Å². The molecule has 1 nitrogen and oxygen atoms in total. The van der Waals surface area contributed by atoms with Gasteiger partial charge < -0.3 is 5.11 Å². The molecular weight excluding hydrogens is 240 g/mol. The molecule has 1 aliphatic rings. The van der Waals surface area contributed by atoms with Crippen LogP contribution in [0.3, 0.4) is 0 Å². The summed E-state index contributed by atoms with van der Waals surface area (Å²) in [4.78, 5) is 1.47. The maximum Gasteiger partial charge on any atom is 0.0858 e. The molecule has 1 aliphatic carbocycles. The predicted molar refractivity (Wildman–Crippen MR) is 76.1 cm³/mol. The highest BCUT2D eigenvalue weighted by molar-refractivity contribution is 7.10. The second-order valence-electron chi connectivity index (χ2n) is 5.15. The first-order valence-electron chi connectivity index (χ1n) is 6.56. The normalized spacial score (nSPS) is 20.4. The third kappa shape index (κ3) is 2.11. The summed E-state index contributed by atoms with van der Waals surface area (Å²) in [6.45, 7) is 2.08. The minimum Gasteiger partial charge on any atom is -0.388 e. The van der Waals surface area contributed by atoms with E-state index in [0.29, 0.717) is 0 Å². The monoisotopic (exact) mass is 258 g/mol. The Morgan fingerprint density at radius 2 is 2.00 bits per heavy atom. The molecule has 1 aromatic heterocycles. The summed E-state index contributed by atoms with van der Waals surface area (Å²) in [6, 6.07) is 10.5. The van der Waals surface area contributed by atoms with Crippen molar-refractivity contribution in [1.82, 2.24) is 0 Å². The first kappa shape index (κ1) is 11.9. The molecule has 0 bridgehead atoms. The van der Waals surface area contributed by atoms with Gasteiger partial charge in [-0.2, -0.15) is 0 Å². The van der Waals surface area contributed by atoms with Gasteiger partial charge in [0.2, 0.25) is 0 Å². The molecule has 1 aromatic carbocycles. The van der Waals surface area contributed by atoms with Crippen molar-refractivity contribution in [1.29, 1.82) is 0 Å². The second kappa shape index (κ2) is 4.87. The van der Waals surface area contributed by atoms with Gasteiger partial charge in [0.25, 0.3) is 0 Å². The van der Waals surface area contributed by atoms with Gasteiger partial charge in [-0.1, -0.05) is 29.8 Å². The number of hydrogen-bond donors (Lipinski definition) is 1. The standard InChI is InChI=1S/C16H18OS/c1-11-5-7-12(8-6-11)16(17)14-3-2-4-15-13(14)9-10-18-15/h5-10,14,16-17H,2-4H2,1H3. The Morgan fingerprint density at radius 1 is 1.22 bits per heavy atom. The molecule has 18 heavy (non-hydrogen) atoms. The second-order valence-corrected chi connectivity index (χ2v) is 6.15. The Balaban J connectivity index is 1.90. The number of aryl methyl sites for hydroxylation is 2. The van der Waals surface area contributed by atoms with Crippen LogP contribution in [0, 0.1) is 6.92 Å². The fourth-order valence-corrected chi connectivity index (χ4v) is 3.84. The molecule has 2 aromatic rings. The Bertz CT molecular complexity index is 526. The lowest BCUT2D eigenvalue weighted by Gasteiger charge is -2.27. The highest BCUT2D eigenvalue weighted by Crippen LogP contribution is 2.42. The van der Waals surface area contributed by atoms with Gasteiger partial charge in [0.1, 0.15) is 0 Å². The number of aliphatic hydroxyl groups excluding tert-OH is 1. The fraction of sp³-hybridized carbons (Fsp3) is 0.375. The first-order chi connectivity index (χ1) is 8.75. The highest BCUT2D eigenvalue weighted by Gasteiger charge is 2.28. The zero-order valence-electron chi connectivity index (χ0n) is 10.6. The van der Waals surface area contributed by atoms with Gasteiger partial charge in [0.05, 0.1) is 6.10 Å². The van der Waals surface area contributed by atoms with E-state index < -0.39 is 0 Å². The fourth-order valence-electron chi connectivity index (χ4n) is 2.85. The maximum atomic E-state index is 10.6. The molecule has 0 amide bonds.